The van der Waals surface area contributed by atoms with Gasteiger partial charge >= 0.3 is 0 Å². The van der Waals surface area contributed by atoms with Crippen molar-refractivity contribution in [3.05, 3.63) is 82.1 Å². The fourth-order valence-corrected chi connectivity index (χ4v) is 5.44. The molecular formula is C26H23FN4O2. The minimum atomic E-state index is -1.66. The van der Waals surface area contributed by atoms with E-state index in [1.165, 1.54) is 11.0 Å². The highest BCUT2D eigenvalue weighted by Crippen LogP contribution is 2.57. The van der Waals surface area contributed by atoms with E-state index in [0.717, 1.165) is 5.56 Å². The smallest absolute Gasteiger partial charge is 0.245 e. The second-order valence-corrected chi connectivity index (χ2v) is 9.67. The molecule has 1 amide bonds. The summed E-state index contributed by atoms with van der Waals surface area (Å²) in [4.78, 5) is 28.9. The van der Waals surface area contributed by atoms with E-state index in [9.17, 15) is 19.2 Å². The number of allylic oxidation sites excluding steroid dienone is 1. The van der Waals surface area contributed by atoms with E-state index in [1.54, 1.807) is 24.3 Å². The minimum absolute atomic E-state index is 0.0450. The van der Waals surface area contributed by atoms with Crippen molar-refractivity contribution < 1.29 is 14.0 Å². The van der Waals surface area contributed by atoms with Crippen LogP contribution in [0.5, 0.6) is 0 Å². The van der Waals surface area contributed by atoms with Crippen LogP contribution in [0.25, 0.3) is 0 Å². The molecule has 0 bridgehead atoms. The zero-order chi connectivity index (χ0) is 23.7. The number of anilines is 2. The molecule has 0 saturated carbocycles. The predicted octanol–water partition coefficient (Wildman–Crippen LogP) is 4.18. The number of para-hydroxylation sites is 1. The molecule has 1 spiro atoms. The number of carbonyl (C=O) groups excluding carboxylic acids is 2. The molecule has 0 saturated heterocycles. The summed E-state index contributed by atoms with van der Waals surface area (Å²) in [5.74, 6) is -1.32. The number of nitrogens with one attached hydrogen (secondary N) is 1. The molecule has 6 nitrogen and oxygen atoms in total. The number of hydrogen-bond donors (Lipinski definition) is 2. The molecule has 3 aliphatic rings. The summed E-state index contributed by atoms with van der Waals surface area (Å²) in [5.41, 5.74) is 7.16. The third kappa shape index (κ3) is 2.70. The summed E-state index contributed by atoms with van der Waals surface area (Å²) in [6.45, 7) is 5.78. The normalized spacial score (nSPS) is 23.4. The molecule has 1 atom stereocenters. The van der Waals surface area contributed by atoms with Crippen LogP contribution < -0.4 is 16.0 Å². The van der Waals surface area contributed by atoms with Gasteiger partial charge in [-0.25, -0.2) is 4.39 Å². The molecule has 0 fully saturated rings. The summed E-state index contributed by atoms with van der Waals surface area (Å²) in [7, 11) is 0. The Morgan fingerprint density at radius 1 is 1.15 bits per heavy atom. The first-order chi connectivity index (χ1) is 15.6. The van der Waals surface area contributed by atoms with E-state index in [4.69, 9.17) is 5.73 Å². The number of fused-ring (bicyclic) bond motifs is 3. The van der Waals surface area contributed by atoms with E-state index in [-0.39, 0.29) is 34.9 Å². The van der Waals surface area contributed by atoms with Crippen molar-refractivity contribution in [2.24, 2.45) is 11.1 Å². The number of nitrogens with two attached hydrogens (primary N) is 1. The SMILES string of the molecule is Cc1ccc2c(c1)[C@@]1(C(=O)N2)C(C#N)=C(N)N(c2ccccc2F)C2=C1C(=O)CC(C)(C)C2. The second kappa shape index (κ2) is 6.79. The van der Waals surface area contributed by atoms with E-state index in [2.05, 4.69) is 11.4 Å². The monoisotopic (exact) mass is 442 g/mol. The summed E-state index contributed by atoms with van der Waals surface area (Å²) in [5, 5.41) is 13.1. The minimum Gasteiger partial charge on any atom is -0.384 e. The van der Waals surface area contributed by atoms with Gasteiger partial charge in [-0.15, -0.1) is 0 Å². The lowest BCUT2D eigenvalue weighted by Gasteiger charge is -2.46. The van der Waals surface area contributed by atoms with Crippen LogP contribution in [0.4, 0.5) is 15.8 Å². The number of benzene rings is 2. The van der Waals surface area contributed by atoms with Gasteiger partial charge in [0.05, 0.1) is 11.3 Å². The largest absolute Gasteiger partial charge is 0.384 e. The highest BCUT2D eigenvalue weighted by Gasteiger charge is 2.61. The van der Waals surface area contributed by atoms with Crippen molar-refractivity contribution in [2.75, 3.05) is 10.2 Å². The number of halogens is 1. The molecule has 33 heavy (non-hydrogen) atoms. The van der Waals surface area contributed by atoms with Crippen LogP contribution in [0.3, 0.4) is 0 Å². The third-order valence-electron chi connectivity index (χ3n) is 6.74. The van der Waals surface area contributed by atoms with Gasteiger partial charge in [-0.3, -0.25) is 14.5 Å². The average Bonchev–Trinajstić information content (AvgIpc) is 3.00. The number of amides is 1. The van der Waals surface area contributed by atoms with Crippen LogP contribution >= 0.6 is 0 Å². The summed E-state index contributed by atoms with van der Waals surface area (Å²) < 4.78 is 15.0. The average molecular weight is 442 g/mol. The summed E-state index contributed by atoms with van der Waals surface area (Å²) >= 11 is 0. The first kappa shape index (κ1) is 21.0. The third-order valence-corrected chi connectivity index (χ3v) is 6.74. The van der Waals surface area contributed by atoms with Crippen molar-refractivity contribution in [2.45, 2.75) is 39.0 Å². The lowest BCUT2D eigenvalue weighted by atomic mass is 9.60. The van der Waals surface area contributed by atoms with E-state index < -0.39 is 22.6 Å². The van der Waals surface area contributed by atoms with Gasteiger partial charge in [0.2, 0.25) is 5.91 Å². The molecule has 7 heteroatoms. The van der Waals surface area contributed by atoms with Gasteiger partial charge in [0, 0.05) is 28.9 Å². The van der Waals surface area contributed by atoms with Crippen LogP contribution in [-0.4, -0.2) is 11.7 Å². The van der Waals surface area contributed by atoms with Crippen LogP contribution in [0.1, 0.15) is 37.8 Å². The summed E-state index contributed by atoms with van der Waals surface area (Å²) in [6, 6.07) is 13.6. The highest BCUT2D eigenvalue weighted by molar-refractivity contribution is 6.20. The van der Waals surface area contributed by atoms with Gasteiger partial charge in [-0.1, -0.05) is 43.7 Å². The number of rotatable bonds is 1. The van der Waals surface area contributed by atoms with E-state index in [0.29, 0.717) is 23.4 Å². The van der Waals surface area contributed by atoms with Crippen molar-refractivity contribution in [1.82, 2.24) is 0 Å². The number of nitrogens with zero attached hydrogens (tertiary/aromatic N) is 2. The molecular weight excluding hydrogens is 419 g/mol. The fourth-order valence-electron chi connectivity index (χ4n) is 5.44. The number of aryl methyl sites for hydroxylation is 1. The van der Waals surface area contributed by atoms with Crippen molar-refractivity contribution >= 4 is 23.1 Å². The number of Topliss-reactive ketones (excluding diaryl/α,β-unsaturated/α-hetero) is 1. The Balaban J connectivity index is 1.93. The topological polar surface area (TPSA) is 99.2 Å². The maximum Gasteiger partial charge on any atom is 0.245 e. The molecule has 5 rings (SSSR count). The Morgan fingerprint density at radius 3 is 2.58 bits per heavy atom. The van der Waals surface area contributed by atoms with Gasteiger partial charge in [0.15, 0.2) is 5.78 Å². The molecule has 2 aromatic carbocycles. The predicted molar refractivity (Wildman–Crippen MR) is 122 cm³/mol. The standard InChI is InChI=1S/C26H23FN4O2/c1-14-8-9-18-15(10-14)26(24(33)30-18)16(13-28)23(29)31(19-7-5-4-6-17(19)27)20-11-25(2,3)12-21(32)22(20)26/h4-10H,11-12,29H2,1-3H3,(H,30,33)/t26-/m1/s1. The van der Waals surface area contributed by atoms with Gasteiger partial charge in [-0.2, -0.15) is 5.26 Å². The van der Waals surface area contributed by atoms with Crippen LogP contribution in [0.15, 0.2) is 65.1 Å². The maximum absolute atomic E-state index is 15.0. The van der Waals surface area contributed by atoms with Crippen molar-refractivity contribution in [3.8, 4) is 6.07 Å². The number of nitriles is 1. The Labute approximate surface area is 191 Å². The quantitative estimate of drug-likeness (QED) is 0.690. The molecule has 2 aromatic rings. The zero-order valence-electron chi connectivity index (χ0n) is 18.6. The Bertz CT molecular complexity index is 1360. The summed E-state index contributed by atoms with van der Waals surface area (Å²) in [6.07, 6.45) is 0.587. The van der Waals surface area contributed by atoms with Crippen molar-refractivity contribution in [3.63, 3.8) is 0 Å². The van der Waals surface area contributed by atoms with E-state index in [1.807, 2.05) is 32.9 Å². The Hall–Kier alpha value is -3.92. The van der Waals surface area contributed by atoms with Crippen LogP contribution in [-0.2, 0) is 15.0 Å². The van der Waals surface area contributed by atoms with Crippen molar-refractivity contribution in [1.29, 1.82) is 5.26 Å². The van der Waals surface area contributed by atoms with Crippen LogP contribution in [0.2, 0.25) is 0 Å². The molecule has 0 unspecified atom stereocenters. The first-order valence-electron chi connectivity index (χ1n) is 10.8. The molecule has 0 aromatic heterocycles. The van der Waals surface area contributed by atoms with Gasteiger partial charge < -0.3 is 11.1 Å². The molecule has 2 heterocycles. The lowest BCUT2D eigenvalue weighted by molar-refractivity contribution is -0.123. The zero-order valence-corrected chi connectivity index (χ0v) is 18.6. The first-order valence-corrected chi connectivity index (χ1v) is 10.8. The fraction of sp³-hybridized carbons (Fsp3) is 0.269. The molecule has 2 aliphatic heterocycles. The van der Waals surface area contributed by atoms with Crippen LogP contribution in [0, 0.1) is 29.5 Å². The Kier molecular flexibility index (Phi) is 4.31. The lowest BCUT2D eigenvalue weighted by Crippen LogP contribution is -2.52. The number of carbonyl (C=O) groups is 2. The molecule has 3 N–H and O–H groups in total. The molecule has 0 radical (unpaired) electrons. The molecule has 166 valence electrons. The van der Waals surface area contributed by atoms with Gasteiger partial charge in [-0.05, 0) is 37.0 Å². The number of ketones is 1. The van der Waals surface area contributed by atoms with Gasteiger partial charge in [0.1, 0.15) is 23.1 Å². The molecule has 1 aliphatic carbocycles. The second-order valence-electron chi connectivity index (χ2n) is 9.67. The van der Waals surface area contributed by atoms with E-state index >= 15 is 0 Å². The maximum atomic E-state index is 15.0. The number of hydrogen-bond acceptors (Lipinski definition) is 5. The highest BCUT2D eigenvalue weighted by atomic mass is 19.1. The Morgan fingerprint density at radius 2 is 1.88 bits per heavy atom. The van der Waals surface area contributed by atoms with Gasteiger partial charge in [0.25, 0.3) is 0 Å².